The number of nitrogens with two attached hydrogens (primary N) is 1. The number of benzene rings is 2. The molecule has 0 aliphatic heterocycles. The van der Waals surface area contributed by atoms with Crippen LogP contribution in [0.3, 0.4) is 0 Å². The fraction of sp³-hybridized carbons (Fsp3) is 0.364. The maximum atomic E-state index is 12.7. The fourth-order valence-electron chi connectivity index (χ4n) is 3.79. The molecule has 31 heavy (non-hydrogen) atoms. The van der Waals surface area contributed by atoms with Crippen molar-refractivity contribution in [1.29, 1.82) is 0 Å². The predicted molar refractivity (Wildman–Crippen MR) is 119 cm³/mol. The highest BCUT2D eigenvalue weighted by Gasteiger charge is 2.27. The quantitative estimate of drug-likeness (QED) is 0.508. The van der Waals surface area contributed by atoms with Gasteiger partial charge in [-0.05, 0) is 57.4 Å². The molecule has 0 radical (unpaired) electrons. The first-order valence-corrected chi connectivity index (χ1v) is 11.7. The lowest BCUT2D eigenvalue weighted by Crippen LogP contribution is -2.22. The predicted octanol–water partition coefficient (Wildman–Crippen LogP) is 5.37. The van der Waals surface area contributed by atoms with Crippen LogP contribution in [0, 0.1) is 0 Å². The molecule has 0 bridgehead atoms. The van der Waals surface area contributed by atoms with Crippen molar-refractivity contribution in [2.75, 3.05) is 10.5 Å². The summed E-state index contributed by atoms with van der Waals surface area (Å²) in [5, 5.41) is 0.224. The van der Waals surface area contributed by atoms with Crippen molar-refractivity contribution in [3.8, 4) is 17.0 Å². The van der Waals surface area contributed by atoms with E-state index in [-0.39, 0.29) is 11.8 Å². The van der Waals surface area contributed by atoms with E-state index in [1.54, 1.807) is 38.1 Å². The Bertz CT molecular complexity index is 1200. The van der Waals surface area contributed by atoms with E-state index in [1.807, 2.05) is 12.1 Å². The minimum absolute atomic E-state index is 0.0885. The smallest absolute Gasteiger partial charge is 0.387 e. The van der Waals surface area contributed by atoms with Gasteiger partial charge in [-0.15, -0.1) is 0 Å². The van der Waals surface area contributed by atoms with Crippen molar-refractivity contribution in [3.63, 3.8) is 0 Å². The van der Waals surface area contributed by atoms with Crippen molar-refractivity contribution >= 4 is 32.3 Å². The first-order valence-electron chi connectivity index (χ1n) is 10.2. The molecule has 0 spiro atoms. The number of rotatable bonds is 7. The molecule has 3 aromatic rings. The van der Waals surface area contributed by atoms with Crippen LogP contribution in [0.1, 0.15) is 39.2 Å². The van der Waals surface area contributed by atoms with E-state index in [0.29, 0.717) is 11.4 Å². The Kier molecular flexibility index (Phi) is 5.55. The third-order valence-corrected chi connectivity index (χ3v) is 7.48. The second-order valence-corrected chi connectivity index (χ2v) is 10.3. The summed E-state index contributed by atoms with van der Waals surface area (Å²) in [7, 11) is -3.44. The Hall–Kier alpha value is -2.81. The van der Waals surface area contributed by atoms with Gasteiger partial charge >= 0.3 is 6.61 Å². The Labute approximate surface area is 180 Å². The molecule has 1 saturated carbocycles. The van der Waals surface area contributed by atoms with E-state index < -0.39 is 21.9 Å². The molecule has 0 amide bonds. The van der Waals surface area contributed by atoms with Gasteiger partial charge in [0.15, 0.2) is 0 Å². The largest absolute Gasteiger partial charge is 0.435 e. The van der Waals surface area contributed by atoms with Gasteiger partial charge in [0, 0.05) is 28.7 Å². The normalized spacial score (nSPS) is 14.9. The zero-order valence-electron chi connectivity index (χ0n) is 17.3. The van der Waals surface area contributed by atoms with E-state index in [2.05, 4.69) is 14.0 Å². The molecule has 1 aliphatic rings. The second-order valence-electron chi connectivity index (χ2n) is 8.05. The highest BCUT2D eigenvalue weighted by Crippen LogP contribution is 2.45. The minimum atomic E-state index is -3.44. The van der Waals surface area contributed by atoms with Crippen LogP contribution in [0.15, 0.2) is 42.5 Å². The molecule has 1 fully saturated rings. The van der Waals surface area contributed by atoms with Crippen LogP contribution in [0.4, 0.5) is 20.2 Å². The number of nitrogen functional groups attached to an aromatic ring is 1. The number of hydrogen-bond donors (Lipinski definition) is 2. The Morgan fingerprint density at radius 2 is 1.81 bits per heavy atom. The summed E-state index contributed by atoms with van der Waals surface area (Å²) in [6.45, 7) is 0.324. The number of anilines is 2. The number of ether oxygens (including phenoxy) is 1. The fourth-order valence-corrected chi connectivity index (χ4v) is 4.49. The van der Waals surface area contributed by atoms with Gasteiger partial charge in [-0.25, -0.2) is 8.42 Å². The van der Waals surface area contributed by atoms with Crippen LogP contribution in [0.2, 0.25) is 0 Å². The topological polar surface area (TPSA) is 86.3 Å². The zero-order chi connectivity index (χ0) is 22.3. The molecule has 2 aromatic carbocycles. The molecule has 1 heterocycles. The van der Waals surface area contributed by atoms with E-state index in [1.165, 1.54) is 6.07 Å². The molecule has 0 unspecified atom stereocenters. The summed E-state index contributed by atoms with van der Waals surface area (Å²) in [6, 6.07) is 12.0. The zero-order valence-corrected chi connectivity index (χ0v) is 18.1. The van der Waals surface area contributed by atoms with Gasteiger partial charge in [0.05, 0.1) is 22.1 Å². The SMILES string of the molecule is CC(C)S(=O)(=O)Nc1ccc(-c2c(N)c3ccc(OC(F)F)cc3n2C2CCC2)cc1. The third kappa shape index (κ3) is 4.06. The van der Waals surface area contributed by atoms with Crippen molar-refractivity contribution in [1.82, 2.24) is 4.57 Å². The second kappa shape index (κ2) is 8.03. The lowest BCUT2D eigenvalue weighted by atomic mass is 9.92. The number of halogens is 2. The number of alkyl halides is 2. The van der Waals surface area contributed by atoms with Gasteiger partial charge < -0.3 is 15.0 Å². The third-order valence-electron chi connectivity index (χ3n) is 5.72. The molecule has 9 heteroatoms. The van der Waals surface area contributed by atoms with E-state index >= 15 is 0 Å². The van der Waals surface area contributed by atoms with Gasteiger partial charge in [-0.1, -0.05) is 12.1 Å². The van der Waals surface area contributed by atoms with Gasteiger partial charge in [0.1, 0.15) is 5.75 Å². The Balaban J connectivity index is 1.78. The summed E-state index contributed by atoms with van der Waals surface area (Å²) < 4.78 is 58.9. The summed E-state index contributed by atoms with van der Waals surface area (Å²) in [5.74, 6) is 0.0885. The monoisotopic (exact) mass is 449 g/mol. The molecule has 3 N–H and O–H groups in total. The molecule has 1 aliphatic carbocycles. The maximum Gasteiger partial charge on any atom is 0.387 e. The van der Waals surface area contributed by atoms with Crippen LogP contribution in [-0.2, 0) is 10.0 Å². The van der Waals surface area contributed by atoms with Crippen molar-refractivity contribution in [2.24, 2.45) is 0 Å². The molecular weight excluding hydrogens is 424 g/mol. The number of nitrogens with zero attached hydrogens (tertiary/aromatic N) is 1. The molecule has 4 rings (SSSR count). The van der Waals surface area contributed by atoms with E-state index in [0.717, 1.165) is 41.4 Å². The molecule has 6 nitrogen and oxygen atoms in total. The van der Waals surface area contributed by atoms with Crippen LogP contribution in [-0.4, -0.2) is 24.8 Å². The number of sulfonamides is 1. The summed E-state index contributed by atoms with van der Waals surface area (Å²) in [5.41, 5.74) is 9.89. The summed E-state index contributed by atoms with van der Waals surface area (Å²) >= 11 is 0. The first-order chi connectivity index (χ1) is 14.7. The molecule has 0 atom stereocenters. The summed E-state index contributed by atoms with van der Waals surface area (Å²) in [4.78, 5) is 0. The molecule has 166 valence electrons. The number of hydrogen-bond acceptors (Lipinski definition) is 4. The average Bonchev–Trinajstić information content (AvgIpc) is 2.92. The molecule has 0 saturated heterocycles. The number of aromatic nitrogens is 1. The summed E-state index contributed by atoms with van der Waals surface area (Å²) in [6.07, 6.45) is 3.04. The highest BCUT2D eigenvalue weighted by molar-refractivity contribution is 7.93. The number of fused-ring (bicyclic) bond motifs is 1. The van der Waals surface area contributed by atoms with Crippen LogP contribution in [0.25, 0.3) is 22.2 Å². The lowest BCUT2D eigenvalue weighted by Gasteiger charge is -2.30. The standard InChI is InChI=1S/C22H25F2N3O3S/c1-13(2)31(28,29)26-15-8-6-14(7-9-15)21-20(25)18-11-10-17(30-22(23)24)12-19(18)27(21)16-4-3-5-16/h6-13,16,22,26H,3-5,25H2,1-2H3. The van der Waals surface area contributed by atoms with Crippen molar-refractivity contribution in [3.05, 3.63) is 42.5 Å². The van der Waals surface area contributed by atoms with Gasteiger partial charge in [-0.2, -0.15) is 8.78 Å². The van der Waals surface area contributed by atoms with Gasteiger partial charge in [0.25, 0.3) is 0 Å². The van der Waals surface area contributed by atoms with Crippen LogP contribution in [0.5, 0.6) is 5.75 Å². The van der Waals surface area contributed by atoms with Gasteiger partial charge in [0.2, 0.25) is 10.0 Å². The van der Waals surface area contributed by atoms with Crippen molar-refractivity contribution in [2.45, 2.75) is 51.0 Å². The minimum Gasteiger partial charge on any atom is -0.435 e. The number of nitrogens with one attached hydrogen (secondary N) is 1. The highest BCUT2D eigenvalue weighted by atomic mass is 32.2. The van der Waals surface area contributed by atoms with Crippen molar-refractivity contribution < 1.29 is 21.9 Å². The first kappa shape index (κ1) is 21.4. The molecular formula is C22H25F2N3O3S. The van der Waals surface area contributed by atoms with E-state index in [4.69, 9.17) is 5.73 Å². The average molecular weight is 450 g/mol. The van der Waals surface area contributed by atoms with Crippen LogP contribution < -0.4 is 15.2 Å². The Morgan fingerprint density at radius 1 is 1.13 bits per heavy atom. The van der Waals surface area contributed by atoms with E-state index in [9.17, 15) is 17.2 Å². The van der Waals surface area contributed by atoms with Gasteiger partial charge in [-0.3, -0.25) is 4.72 Å². The lowest BCUT2D eigenvalue weighted by molar-refractivity contribution is -0.0497. The van der Waals surface area contributed by atoms with Crippen LogP contribution >= 0.6 is 0 Å². The molecule has 1 aromatic heterocycles. The Morgan fingerprint density at radius 3 is 2.35 bits per heavy atom. The maximum absolute atomic E-state index is 12.7.